The second kappa shape index (κ2) is 10.1. The van der Waals surface area contributed by atoms with Gasteiger partial charge in [0.15, 0.2) is 0 Å². The van der Waals surface area contributed by atoms with Crippen molar-refractivity contribution in [2.75, 3.05) is 52.9 Å². The molecule has 0 spiro atoms. The third-order valence-corrected chi connectivity index (χ3v) is 6.13. The summed E-state index contributed by atoms with van der Waals surface area (Å²) >= 11 is 0. The van der Waals surface area contributed by atoms with Crippen LogP contribution in [0, 0.1) is 5.92 Å². The van der Waals surface area contributed by atoms with Gasteiger partial charge in [-0.15, -0.1) is 0 Å². The number of rotatable bonds is 7. The van der Waals surface area contributed by atoms with Crippen LogP contribution < -0.4 is 4.74 Å². The molecule has 0 radical (unpaired) electrons. The number of para-hydroxylation sites is 1. The van der Waals surface area contributed by atoms with E-state index in [-0.39, 0.29) is 18.2 Å². The maximum absolute atomic E-state index is 13.2. The standard InChI is InChI=1S/C22H33N3O4/c1-3-29-20-7-5-4-6-18(20)22(28)25-11-10-19(17(16-25)8-9-21(26)27)24-14-12-23(2)13-15-24/h4-7,17,19H,3,8-16H2,1-2H3,(H,26,27)/t17-,19+/m1/s1. The molecule has 2 saturated heterocycles. The molecule has 0 aliphatic carbocycles. The number of carbonyl (C=O) groups is 2. The predicted octanol–water partition coefficient (Wildman–Crippen LogP) is 2.03. The molecular weight excluding hydrogens is 370 g/mol. The number of likely N-dealkylation sites (tertiary alicyclic amines) is 1. The largest absolute Gasteiger partial charge is 0.493 e. The molecule has 0 bridgehead atoms. The molecule has 1 N–H and O–H groups in total. The SMILES string of the molecule is CCOc1ccccc1C(=O)N1CC[C@H](N2CCN(C)CC2)[C@H](CCC(=O)O)C1. The van der Waals surface area contributed by atoms with Crippen molar-refractivity contribution >= 4 is 11.9 Å². The van der Waals surface area contributed by atoms with Crippen LogP contribution >= 0.6 is 0 Å². The van der Waals surface area contributed by atoms with Crippen LogP contribution in [0.1, 0.15) is 36.5 Å². The first-order chi connectivity index (χ1) is 14.0. The molecule has 7 heteroatoms. The number of ether oxygens (including phenoxy) is 1. The minimum Gasteiger partial charge on any atom is -0.493 e. The van der Waals surface area contributed by atoms with Gasteiger partial charge < -0.3 is 19.6 Å². The van der Waals surface area contributed by atoms with Gasteiger partial charge in [-0.1, -0.05) is 12.1 Å². The normalized spacial score (nSPS) is 23.7. The van der Waals surface area contributed by atoms with Crippen LogP contribution in [-0.4, -0.2) is 90.6 Å². The Bertz CT molecular complexity index is 703. The van der Waals surface area contributed by atoms with Gasteiger partial charge in [0, 0.05) is 51.7 Å². The highest BCUT2D eigenvalue weighted by atomic mass is 16.5. The zero-order chi connectivity index (χ0) is 20.8. The maximum Gasteiger partial charge on any atom is 0.303 e. The van der Waals surface area contributed by atoms with Crippen molar-refractivity contribution in [2.45, 2.75) is 32.2 Å². The van der Waals surface area contributed by atoms with Gasteiger partial charge in [-0.3, -0.25) is 14.5 Å². The van der Waals surface area contributed by atoms with E-state index in [1.165, 1.54) is 0 Å². The number of piperazine rings is 1. The van der Waals surface area contributed by atoms with Gasteiger partial charge >= 0.3 is 5.97 Å². The number of hydrogen-bond donors (Lipinski definition) is 1. The first-order valence-corrected chi connectivity index (χ1v) is 10.6. The van der Waals surface area contributed by atoms with Crippen molar-refractivity contribution in [2.24, 2.45) is 5.92 Å². The number of carbonyl (C=O) groups excluding carboxylic acids is 1. The van der Waals surface area contributed by atoms with E-state index >= 15 is 0 Å². The molecule has 0 saturated carbocycles. The molecule has 7 nitrogen and oxygen atoms in total. The summed E-state index contributed by atoms with van der Waals surface area (Å²) in [6, 6.07) is 7.71. The fraction of sp³-hybridized carbons (Fsp3) is 0.636. The molecular formula is C22H33N3O4. The molecule has 0 aromatic heterocycles. The average Bonchev–Trinajstić information content (AvgIpc) is 2.73. The van der Waals surface area contributed by atoms with E-state index in [2.05, 4.69) is 16.8 Å². The van der Waals surface area contributed by atoms with E-state index in [0.29, 0.717) is 43.5 Å². The van der Waals surface area contributed by atoms with Gasteiger partial charge in [0.2, 0.25) is 0 Å². The molecule has 3 rings (SSSR count). The number of hydrogen-bond acceptors (Lipinski definition) is 5. The number of carboxylic acid groups (broad SMARTS) is 1. The van der Waals surface area contributed by atoms with Gasteiger partial charge in [0.05, 0.1) is 12.2 Å². The molecule has 160 valence electrons. The molecule has 1 amide bonds. The topological polar surface area (TPSA) is 73.3 Å². The summed E-state index contributed by atoms with van der Waals surface area (Å²) in [4.78, 5) is 31.1. The third kappa shape index (κ3) is 5.48. The quantitative estimate of drug-likeness (QED) is 0.751. The molecule has 29 heavy (non-hydrogen) atoms. The first-order valence-electron chi connectivity index (χ1n) is 10.6. The molecule has 0 unspecified atom stereocenters. The summed E-state index contributed by atoms with van der Waals surface area (Å²) in [5.41, 5.74) is 0.587. The van der Waals surface area contributed by atoms with Gasteiger partial charge in [-0.05, 0) is 44.9 Å². The highest BCUT2D eigenvalue weighted by Crippen LogP contribution is 2.29. The summed E-state index contributed by atoms with van der Waals surface area (Å²) in [5, 5.41) is 9.21. The van der Waals surface area contributed by atoms with Crippen LogP contribution in [0.3, 0.4) is 0 Å². The Morgan fingerprint density at radius 1 is 1.14 bits per heavy atom. The Balaban J connectivity index is 1.72. The summed E-state index contributed by atoms with van der Waals surface area (Å²) in [7, 11) is 2.14. The Labute approximate surface area is 173 Å². The van der Waals surface area contributed by atoms with E-state index in [1.807, 2.05) is 36.1 Å². The second-order valence-electron chi connectivity index (χ2n) is 8.07. The van der Waals surface area contributed by atoms with Crippen LogP contribution in [0.4, 0.5) is 0 Å². The highest BCUT2D eigenvalue weighted by Gasteiger charge is 2.36. The number of likely N-dealkylation sites (N-methyl/N-ethyl adjacent to an activating group) is 1. The second-order valence-corrected chi connectivity index (χ2v) is 8.07. The van der Waals surface area contributed by atoms with Crippen LogP contribution in [0.15, 0.2) is 24.3 Å². The smallest absolute Gasteiger partial charge is 0.303 e. The van der Waals surface area contributed by atoms with Crippen molar-refractivity contribution in [1.29, 1.82) is 0 Å². The van der Waals surface area contributed by atoms with E-state index in [4.69, 9.17) is 4.74 Å². The molecule has 2 aliphatic rings. The van der Waals surface area contributed by atoms with E-state index < -0.39 is 5.97 Å². The number of aliphatic carboxylic acids is 1. The highest BCUT2D eigenvalue weighted by molar-refractivity contribution is 5.97. The minimum absolute atomic E-state index is 0.0220. The van der Waals surface area contributed by atoms with Crippen LogP contribution in [-0.2, 0) is 4.79 Å². The Morgan fingerprint density at radius 2 is 1.86 bits per heavy atom. The Hall–Kier alpha value is -2.12. The molecule has 1 aromatic carbocycles. The molecule has 2 heterocycles. The van der Waals surface area contributed by atoms with E-state index in [9.17, 15) is 14.7 Å². The fourth-order valence-electron chi connectivity index (χ4n) is 4.53. The molecule has 1 aromatic rings. The summed E-state index contributed by atoms with van der Waals surface area (Å²) in [6.45, 7) is 7.79. The van der Waals surface area contributed by atoms with Crippen molar-refractivity contribution in [3.8, 4) is 5.75 Å². The zero-order valence-electron chi connectivity index (χ0n) is 17.5. The van der Waals surface area contributed by atoms with Gasteiger partial charge in [-0.25, -0.2) is 0 Å². The average molecular weight is 404 g/mol. The van der Waals surface area contributed by atoms with Crippen molar-refractivity contribution in [1.82, 2.24) is 14.7 Å². The summed E-state index contributed by atoms with van der Waals surface area (Å²) in [5.74, 6) is -0.00629. The number of nitrogens with zero attached hydrogens (tertiary/aromatic N) is 3. The van der Waals surface area contributed by atoms with Crippen molar-refractivity contribution in [3.63, 3.8) is 0 Å². The third-order valence-electron chi connectivity index (χ3n) is 6.13. The van der Waals surface area contributed by atoms with E-state index in [0.717, 1.165) is 32.6 Å². The summed E-state index contributed by atoms with van der Waals surface area (Å²) in [6.07, 6.45) is 1.63. The van der Waals surface area contributed by atoms with E-state index in [1.54, 1.807) is 0 Å². The molecule has 2 aliphatic heterocycles. The minimum atomic E-state index is -0.771. The lowest BCUT2D eigenvalue weighted by molar-refractivity contribution is -0.137. The first kappa shape index (κ1) is 21.6. The number of piperidine rings is 1. The lowest BCUT2D eigenvalue weighted by Gasteiger charge is -2.46. The van der Waals surface area contributed by atoms with Crippen molar-refractivity contribution in [3.05, 3.63) is 29.8 Å². The zero-order valence-corrected chi connectivity index (χ0v) is 17.5. The lowest BCUT2D eigenvalue weighted by Crippen LogP contribution is -2.57. The van der Waals surface area contributed by atoms with Crippen LogP contribution in [0.5, 0.6) is 5.75 Å². The molecule has 2 fully saturated rings. The van der Waals surface area contributed by atoms with Gasteiger partial charge in [0.25, 0.3) is 5.91 Å². The van der Waals surface area contributed by atoms with Crippen LogP contribution in [0.25, 0.3) is 0 Å². The molecule has 2 atom stereocenters. The Morgan fingerprint density at radius 3 is 2.55 bits per heavy atom. The maximum atomic E-state index is 13.2. The van der Waals surface area contributed by atoms with Crippen LogP contribution in [0.2, 0.25) is 0 Å². The number of amides is 1. The Kier molecular flexibility index (Phi) is 7.50. The number of carboxylic acids is 1. The summed E-state index contributed by atoms with van der Waals surface area (Å²) < 4.78 is 5.64. The predicted molar refractivity (Wildman–Crippen MR) is 111 cm³/mol. The monoisotopic (exact) mass is 403 g/mol. The lowest BCUT2D eigenvalue weighted by atomic mass is 9.86. The number of benzene rings is 1. The fourth-order valence-corrected chi connectivity index (χ4v) is 4.53. The van der Waals surface area contributed by atoms with Gasteiger partial charge in [-0.2, -0.15) is 0 Å². The van der Waals surface area contributed by atoms with Crippen molar-refractivity contribution < 1.29 is 19.4 Å². The van der Waals surface area contributed by atoms with Gasteiger partial charge in [0.1, 0.15) is 5.75 Å².